The van der Waals surface area contributed by atoms with Crippen LogP contribution in [-0.4, -0.2) is 22.2 Å². The molecule has 1 unspecified atom stereocenters. The molecule has 3 rings (SSSR count). The molecule has 4 nitrogen and oxygen atoms in total. The number of nitrogens with zero attached hydrogens (tertiary/aromatic N) is 2. The lowest BCUT2D eigenvalue weighted by Crippen LogP contribution is -2.17. The van der Waals surface area contributed by atoms with Gasteiger partial charge >= 0.3 is 0 Å². The van der Waals surface area contributed by atoms with Crippen LogP contribution in [0.5, 0.6) is 5.75 Å². The molecule has 1 aliphatic rings. The van der Waals surface area contributed by atoms with E-state index in [4.69, 9.17) is 4.74 Å². The number of carbonyl (C=O) groups is 1. The lowest BCUT2D eigenvalue weighted by Gasteiger charge is -2.25. The van der Waals surface area contributed by atoms with Crippen LogP contribution in [0, 0.1) is 6.92 Å². The first-order valence-electron chi connectivity index (χ1n) is 6.90. The molecule has 1 aromatic heterocycles. The van der Waals surface area contributed by atoms with Gasteiger partial charge in [0.05, 0.1) is 18.4 Å². The quantitative estimate of drug-likeness (QED) is 0.805. The molecule has 0 spiro atoms. The predicted molar refractivity (Wildman–Crippen MR) is 76.2 cm³/mol. The first kappa shape index (κ1) is 12.9. The van der Waals surface area contributed by atoms with Gasteiger partial charge in [0.1, 0.15) is 5.75 Å². The van der Waals surface area contributed by atoms with Crippen LogP contribution in [0.4, 0.5) is 0 Å². The number of benzene rings is 1. The normalized spacial score (nSPS) is 17.4. The predicted octanol–water partition coefficient (Wildman–Crippen LogP) is 2.87. The third kappa shape index (κ3) is 2.22. The van der Waals surface area contributed by atoms with Crippen molar-refractivity contribution in [3.8, 4) is 5.75 Å². The molecule has 1 aliphatic heterocycles. The molecule has 20 heavy (non-hydrogen) atoms. The highest BCUT2D eigenvalue weighted by molar-refractivity contribution is 5.97. The van der Waals surface area contributed by atoms with E-state index in [0.29, 0.717) is 13.0 Å². The fourth-order valence-electron chi connectivity index (χ4n) is 2.73. The topological polar surface area (TPSA) is 44.1 Å². The first-order chi connectivity index (χ1) is 9.66. The van der Waals surface area contributed by atoms with E-state index in [0.717, 1.165) is 29.0 Å². The minimum atomic E-state index is 0.164. The summed E-state index contributed by atoms with van der Waals surface area (Å²) in [6, 6.07) is 8.00. The Morgan fingerprint density at radius 2 is 2.25 bits per heavy atom. The van der Waals surface area contributed by atoms with Gasteiger partial charge in [-0.25, -0.2) is 0 Å². The summed E-state index contributed by atoms with van der Waals surface area (Å²) in [5.74, 6) is 1.32. The van der Waals surface area contributed by atoms with E-state index in [1.165, 1.54) is 0 Å². The average molecular weight is 270 g/mol. The molecule has 0 amide bonds. The van der Waals surface area contributed by atoms with Crippen LogP contribution in [0.25, 0.3) is 0 Å². The van der Waals surface area contributed by atoms with Gasteiger partial charge in [-0.05, 0) is 30.9 Å². The molecule has 0 fully saturated rings. The smallest absolute Gasteiger partial charge is 0.166 e. The van der Waals surface area contributed by atoms with Crippen LogP contribution >= 0.6 is 0 Å². The van der Waals surface area contributed by atoms with Gasteiger partial charge in [0.15, 0.2) is 5.78 Å². The van der Waals surface area contributed by atoms with Crippen LogP contribution in [0.1, 0.15) is 40.4 Å². The molecule has 4 heteroatoms. The first-order valence-corrected chi connectivity index (χ1v) is 6.90. The van der Waals surface area contributed by atoms with E-state index in [-0.39, 0.29) is 11.7 Å². The largest absolute Gasteiger partial charge is 0.493 e. The molecule has 0 saturated heterocycles. The van der Waals surface area contributed by atoms with Gasteiger partial charge in [0.25, 0.3) is 0 Å². The average Bonchev–Trinajstić information content (AvgIpc) is 2.79. The molecule has 0 saturated carbocycles. The van der Waals surface area contributed by atoms with Crippen molar-refractivity contribution < 1.29 is 9.53 Å². The number of hydrogen-bond donors (Lipinski definition) is 0. The number of Topliss-reactive ketones (excluding diaryl/α,β-unsaturated/α-hetero) is 1. The van der Waals surface area contributed by atoms with Crippen LogP contribution in [0.2, 0.25) is 0 Å². The molecule has 0 bridgehead atoms. The highest BCUT2D eigenvalue weighted by atomic mass is 16.5. The summed E-state index contributed by atoms with van der Waals surface area (Å²) >= 11 is 0. The van der Waals surface area contributed by atoms with Crippen molar-refractivity contribution in [1.82, 2.24) is 9.78 Å². The van der Waals surface area contributed by atoms with Gasteiger partial charge in [-0.15, -0.1) is 0 Å². The molecule has 1 aromatic carbocycles. The monoisotopic (exact) mass is 270 g/mol. The zero-order chi connectivity index (χ0) is 14.1. The Labute approximate surface area is 118 Å². The summed E-state index contributed by atoms with van der Waals surface area (Å²) in [6.07, 6.45) is 3.08. The number of hydrogen-bond acceptors (Lipinski definition) is 3. The van der Waals surface area contributed by atoms with E-state index < -0.39 is 0 Å². The van der Waals surface area contributed by atoms with Crippen molar-refractivity contribution in [3.63, 3.8) is 0 Å². The number of fused-ring (bicyclic) bond motifs is 1. The second kappa shape index (κ2) is 5.12. The summed E-state index contributed by atoms with van der Waals surface area (Å²) in [5.41, 5.74) is 2.81. The second-order valence-electron chi connectivity index (χ2n) is 5.27. The number of carbonyl (C=O) groups excluding carboxylic acids is 1. The molecule has 2 heterocycles. The van der Waals surface area contributed by atoms with E-state index in [1.807, 2.05) is 32.2 Å². The Bertz CT molecular complexity index is 646. The third-order valence-corrected chi connectivity index (χ3v) is 4.05. The van der Waals surface area contributed by atoms with Crippen LogP contribution in [-0.2, 0) is 7.05 Å². The maximum atomic E-state index is 12.5. The molecule has 0 N–H and O–H groups in total. The number of para-hydroxylation sites is 1. The zero-order valence-corrected chi connectivity index (χ0v) is 11.8. The van der Waals surface area contributed by atoms with Crippen molar-refractivity contribution in [2.75, 3.05) is 6.61 Å². The summed E-state index contributed by atoms with van der Waals surface area (Å²) in [6.45, 7) is 2.61. The lowest BCUT2D eigenvalue weighted by molar-refractivity contribution is 0.0965. The summed E-state index contributed by atoms with van der Waals surface area (Å²) in [4.78, 5) is 12.5. The zero-order valence-electron chi connectivity index (χ0n) is 11.8. The van der Waals surface area contributed by atoms with E-state index >= 15 is 0 Å². The number of aromatic nitrogens is 2. The fraction of sp³-hybridized carbons (Fsp3) is 0.375. The molecule has 0 radical (unpaired) electrons. The van der Waals surface area contributed by atoms with Crippen molar-refractivity contribution in [1.29, 1.82) is 0 Å². The van der Waals surface area contributed by atoms with Crippen LogP contribution in [0.15, 0.2) is 30.5 Å². The Morgan fingerprint density at radius 1 is 1.45 bits per heavy atom. The molecule has 104 valence electrons. The molecule has 0 aliphatic carbocycles. The highest BCUT2D eigenvalue weighted by Crippen LogP contribution is 2.36. The Hall–Kier alpha value is -2.10. The minimum Gasteiger partial charge on any atom is -0.493 e. The molecular formula is C16H18N2O2. The lowest BCUT2D eigenvalue weighted by atomic mass is 9.87. The summed E-state index contributed by atoms with van der Waals surface area (Å²) < 4.78 is 7.38. The fourth-order valence-corrected chi connectivity index (χ4v) is 2.73. The Kier molecular flexibility index (Phi) is 3.30. The summed E-state index contributed by atoms with van der Waals surface area (Å²) in [5, 5.41) is 4.15. The van der Waals surface area contributed by atoms with Crippen molar-refractivity contribution in [2.24, 2.45) is 7.05 Å². The third-order valence-electron chi connectivity index (χ3n) is 4.05. The van der Waals surface area contributed by atoms with Gasteiger partial charge in [-0.2, -0.15) is 5.10 Å². The standard InChI is InChI=1S/C16H18N2O2/c1-11-14(10-17-18(11)2)15(19)9-12-7-8-20-16-6-4-3-5-13(12)16/h3-6,10,12H,7-9H2,1-2H3. The maximum absolute atomic E-state index is 12.5. The molecular weight excluding hydrogens is 252 g/mol. The minimum absolute atomic E-state index is 0.164. The van der Waals surface area contributed by atoms with Crippen LogP contribution in [0.3, 0.4) is 0 Å². The number of ether oxygens (including phenoxy) is 1. The van der Waals surface area contributed by atoms with E-state index in [9.17, 15) is 4.79 Å². The van der Waals surface area contributed by atoms with Crippen molar-refractivity contribution >= 4 is 5.78 Å². The SMILES string of the molecule is Cc1c(C(=O)CC2CCOc3ccccc32)cnn1C. The van der Waals surface area contributed by atoms with Crippen LogP contribution < -0.4 is 4.74 Å². The number of aryl methyl sites for hydroxylation is 1. The van der Waals surface area contributed by atoms with Gasteiger partial charge in [-0.1, -0.05) is 18.2 Å². The van der Waals surface area contributed by atoms with E-state index in [1.54, 1.807) is 10.9 Å². The van der Waals surface area contributed by atoms with Gasteiger partial charge in [-0.3, -0.25) is 9.48 Å². The van der Waals surface area contributed by atoms with E-state index in [2.05, 4.69) is 11.2 Å². The molecule has 2 aromatic rings. The van der Waals surface area contributed by atoms with Gasteiger partial charge in [0, 0.05) is 19.2 Å². The molecule has 1 atom stereocenters. The highest BCUT2D eigenvalue weighted by Gasteiger charge is 2.25. The van der Waals surface area contributed by atoms with Gasteiger partial charge in [0.2, 0.25) is 0 Å². The number of ketones is 1. The number of rotatable bonds is 3. The summed E-state index contributed by atoms with van der Waals surface area (Å²) in [7, 11) is 1.86. The van der Waals surface area contributed by atoms with Crippen molar-refractivity contribution in [3.05, 3.63) is 47.3 Å². The Balaban J connectivity index is 1.82. The maximum Gasteiger partial charge on any atom is 0.166 e. The van der Waals surface area contributed by atoms with Gasteiger partial charge < -0.3 is 4.74 Å². The van der Waals surface area contributed by atoms with Crippen molar-refractivity contribution in [2.45, 2.75) is 25.7 Å². The second-order valence-corrected chi connectivity index (χ2v) is 5.27. The Morgan fingerprint density at radius 3 is 3.00 bits per heavy atom.